The van der Waals surface area contributed by atoms with E-state index in [1.54, 1.807) is 0 Å². The molecule has 104 valence electrons. The first-order chi connectivity index (χ1) is 8.82. The number of nitrogens with one attached hydrogen (secondary N) is 2. The van der Waals surface area contributed by atoms with E-state index in [0.717, 1.165) is 6.07 Å². The highest BCUT2D eigenvalue weighted by Gasteiger charge is 2.41. The smallest absolute Gasteiger partial charge is 0.418 e. The Balaban J connectivity index is 2.25. The zero-order chi connectivity index (χ0) is 14.1. The zero-order valence-electron chi connectivity index (χ0n) is 9.92. The second-order valence-electron chi connectivity index (χ2n) is 4.62. The Morgan fingerprint density at radius 3 is 2.47 bits per heavy atom. The number of anilines is 1. The molecule has 7 heteroatoms. The van der Waals surface area contributed by atoms with Gasteiger partial charge in [-0.1, -0.05) is 12.1 Å². The number of carboxylic acids is 1. The van der Waals surface area contributed by atoms with Crippen molar-refractivity contribution >= 4 is 11.7 Å². The van der Waals surface area contributed by atoms with Crippen molar-refractivity contribution in [2.45, 2.75) is 18.1 Å². The van der Waals surface area contributed by atoms with Crippen LogP contribution in [0.4, 0.5) is 18.9 Å². The molecule has 1 aliphatic rings. The Morgan fingerprint density at radius 2 is 2.00 bits per heavy atom. The number of para-hydroxylation sites is 1. The fourth-order valence-electron chi connectivity index (χ4n) is 2.10. The minimum atomic E-state index is -4.47. The van der Waals surface area contributed by atoms with E-state index in [4.69, 9.17) is 5.11 Å². The summed E-state index contributed by atoms with van der Waals surface area (Å²) in [6.07, 6.45) is -4.70. The van der Waals surface area contributed by atoms with Gasteiger partial charge in [-0.3, -0.25) is 4.79 Å². The van der Waals surface area contributed by atoms with Crippen molar-refractivity contribution in [3.05, 3.63) is 29.8 Å². The highest BCUT2D eigenvalue weighted by atomic mass is 19.4. The molecule has 1 fully saturated rings. The van der Waals surface area contributed by atoms with Crippen LogP contribution in [0.25, 0.3) is 0 Å². The number of hydrogen-bond donors (Lipinski definition) is 3. The molecule has 1 aromatic carbocycles. The molecule has 1 saturated heterocycles. The van der Waals surface area contributed by atoms with E-state index in [0.29, 0.717) is 13.1 Å². The molecule has 0 aromatic heterocycles. The van der Waals surface area contributed by atoms with Gasteiger partial charge in [-0.15, -0.1) is 0 Å². The van der Waals surface area contributed by atoms with Crippen LogP contribution >= 0.6 is 0 Å². The van der Waals surface area contributed by atoms with E-state index in [1.165, 1.54) is 18.2 Å². The predicted octanol–water partition coefficient (Wildman–Crippen LogP) is 1.93. The van der Waals surface area contributed by atoms with E-state index < -0.39 is 23.2 Å². The SMILES string of the molecule is O=C(O)CC1(Nc2ccccc2C(F)(F)F)CNC1. The first-order valence-corrected chi connectivity index (χ1v) is 5.69. The summed E-state index contributed by atoms with van der Waals surface area (Å²) in [5, 5.41) is 14.4. The number of alkyl halides is 3. The third-order valence-corrected chi connectivity index (χ3v) is 3.05. The van der Waals surface area contributed by atoms with E-state index in [-0.39, 0.29) is 12.1 Å². The van der Waals surface area contributed by atoms with Gasteiger partial charge in [-0.2, -0.15) is 13.2 Å². The van der Waals surface area contributed by atoms with Gasteiger partial charge in [0, 0.05) is 18.8 Å². The summed E-state index contributed by atoms with van der Waals surface area (Å²) in [5.41, 5.74) is -1.72. The van der Waals surface area contributed by atoms with Gasteiger partial charge in [0.25, 0.3) is 0 Å². The van der Waals surface area contributed by atoms with Crippen LogP contribution in [0, 0.1) is 0 Å². The lowest BCUT2D eigenvalue weighted by atomic mass is 9.88. The lowest BCUT2D eigenvalue weighted by molar-refractivity contribution is -0.138. The van der Waals surface area contributed by atoms with Crippen LogP contribution in [-0.4, -0.2) is 29.7 Å². The van der Waals surface area contributed by atoms with Crippen LogP contribution < -0.4 is 10.6 Å². The number of benzene rings is 1. The molecule has 4 nitrogen and oxygen atoms in total. The Morgan fingerprint density at radius 1 is 1.37 bits per heavy atom. The maximum absolute atomic E-state index is 12.8. The molecule has 1 aliphatic heterocycles. The van der Waals surface area contributed by atoms with Crippen molar-refractivity contribution in [1.29, 1.82) is 0 Å². The van der Waals surface area contributed by atoms with Gasteiger partial charge in [0.15, 0.2) is 0 Å². The van der Waals surface area contributed by atoms with E-state index >= 15 is 0 Å². The Bertz CT molecular complexity index is 484. The molecule has 0 bridgehead atoms. The highest BCUT2D eigenvalue weighted by Crippen LogP contribution is 2.36. The van der Waals surface area contributed by atoms with Gasteiger partial charge in [0.05, 0.1) is 17.5 Å². The molecule has 0 atom stereocenters. The summed E-state index contributed by atoms with van der Waals surface area (Å²) in [7, 11) is 0. The molecule has 1 heterocycles. The van der Waals surface area contributed by atoms with E-state index in [2.05, 4.69) is 10.6 Å². The Kier molecular flexibility index (Phi) is 3.40. The fourth-order valence-corrected chi connectivity index (χ4v) is 2.10. The molecule has 1 aromatic rings. The number of carbonyl (C=O) groups is 1. The van der Waals surface area contributed by atoms with Crippen molar-refractivity contribution in [1.82, 2.24) is 5.32 Å². The molecule has 0 radical (unpaired) electrons. The van der Waals surface area contributed by atoms with Crippen molar-refractivity contribution in [3.8, 4) is 0 Å². The Labute approximate surface area is 107 Å². The van der Waals surface area contributed by atoms with Gasteiger partial charge < -0.3 is 15.7 Å². The summed E-state index contributed by atoms with van der Waals surface area (Å²) >= 11 is 0. The first-order valence-electron chi connectivity index (χ1n) is 5.69. The minimum absolute atomic E-state index is 0.0854. The minimum Gasteiger partial charge on any atom is -0.481 e. The van der Waals surface area contributed by atoms with Crippen LogP contribution in [-0.2, 0) is 11.0 Å². The van der Waals surface area contributed by atoms with Crippen LogP contribution in [0.2, 0.25) is 0 Å². The molecule has 0 saturated carbocycles. The van der Waals surface area contributed by atoms with Crippen LogP contribution in [0.5, 0.6) is 0 Å². The largest absolute Gasteiger partial charge is 0.481 e. The summed E-state index contributed by atoms with van der Waals surface area (Å²) in [5.74, 6) is -1.04. The summed E-state index contributed by atoms with van der Waals surface area (Å²) in [4.78, 5) is 10.8. The highest BCUT2D eigenvalue weighted by molar-refractivity contribution is 5.70. The molecule has 0 spiro atoms. The summed E-state index contributed by atoms with van der Waals surface area (Å²) in [6.45, 7) is 0.650. The quantitative estimate of drug-likeness (QED) is 0.785. The maximum atomic E-state index is 12.8. The molecule has 3 N–H and O–H groups in total. The van der Waals surface area contributed by atoms with Crippen molar-refractivity contribution in [3.63, 3.8) is 0 Å². The topological polar surface area (TPSA) is 61.4 Å². The van der Waals surface area contributed by atoms with Gasteiger partial charge in [0.2, 0.25) is 0 Å². The lowest BCUT2D eigenvalue weighted by Crippen LogP contribution is -2.65. The Hall–Kier alpha value is -1.76. The molecule has 0 amide bonds. The van der Waals surface area contributed by atoms with E-state index in [9.17, 15) is 18.0 Å². The number of rotatable bonds is 4. The lowest BCUT2D eigenvalue weighted by Gasteiger charge is -2.43. The summed E-state index contributed by atoms with van der Waals surface area (Å²) < 4.78 is 38.5. The van der Waals surface area contributed by atoms with Gasteiger partial charge >= 0.3 is 12.1 Å². The average Bonchev–Trinajstić information content (AvgIpc) is 2.24. The molecule has 0 aliphatic carbocycles. The monoisotopic (exact) mass is 274 g/mol. The number of hydrogen-bond acceptors (Lipinski definition) is 3. The van der Waals surface area contributed by atoms with Crippen molar-refractivity contribution in [2.75, 3.05) is 18.4 Å². The second-order valence-corrected chi connectivity index (χ2v) is 4.62. The molecule has 0 unspecified atom stereocenters. The molecule has 2 rings (SSSR count). The van der Waals surface area contributed by atoms with E-state index in [1.807, 2.05) is 0 Å². The second kappa shape index (κ2) is 4.73. The van der Waals surface area contributed by atoms with Gasteiger partial charge in [-0.05, 0) is 12.1 Å². The van der Waals surface area contributed by atoms with Crippen molar-refractivity contribution < 1.29 is 23.1 Å². The van der Waals surface area contributed by atoms with Gasteiger partial charge in [-0.25, -0.2) is 0 Å². The third-order valence-electron chi connectivity index (χ3n) is 3.05. The molecular formula is C12H13F3N2O2. The standard InChI is InChI=1S/C12H13F3N2O2/c13-12(14,15)8-3-1-2-4-9(8)17-11(5-10(18)19)6-16-7-11/h1-4,16-17H,5-7H2,(H,18,19). The number of aliphatic carboxylic acids is 1. The van der Waals surface area contributed by atoms with Gasteiger partial charge in [0.1, 0.15) is 0 Å². The third kappa shape index (κ3) is 2.98. The molecular weight excluding hydrogens is 261 g/mol. The van der Waals surface area contributed by atoms with Crippen molar-refractivity contribution in [2.24, 2.45) is 0 Å². The fraction of sp³-hybridized carbons (Fsp3) is 0.417. The summed E-state index contributed by atoms with van der Waals surface area (Å²) in [6, 6.07) is 5.07. The normalized spacial score (nSPS) is 17.6. The molecule has 19 heavy (non-hydrogen) atoms. The predicted molar refractivity (Wildman–Crippen MR) is 62.9 cm³/mol. The average molecular weight is 274 g/mol. The zero-order valence-corrected chi connectivity index (χ0v) is 9.92. The maximum Gasteiger partial charge on any atom is 0.418 e. The number of halogens is 3. The van der Waals surface area contributed by atoms with Crippen LogP contribution in [0.15, 0.2) is 24.3 Å². The van der Waals surface area contributed by atoms with Crippen LogP contribution in [0.1, 0.15) is 12.0 Å². The number of carboxylic acid groups (broad SMARTS) is 1. The first kappa shape index (κ1) is 13.7. The van der Waals surface area contributed by atoms with Crippen LogP contribution in [0.3, 0.4) is 0 Å².